The van der Waals surface area contributed by atoms with Crippen molar-refractivity contribution < 1.29 is 0 Å². The van der Waals surface area contributed by atoms with E-state index in [0.29, 0.717) is 10.2 Å². The standard InChI is InChI=1S/C13H10N2OS2/c1-7-9-11(16)14-13(17)15-12(9)18-10(7)8-5-3-2-4-6-8/h2-6H,1H3,(H2,14,15,16,17). The van der Waals surface area contributed by atoms with Crippen molar-refractivity contribution in [3.05, 3.63) is 51.0 Å². The zero-order chi connectivity index (χ0) is 12.7. The van der Waals surface area contributed by atoms with Crippen LogP contribution >= 0.6 is 23.6 Å². The Hall–Kier alpha value is -1.72. The van der Waals surface area contributed by atoms with Gasteiger partial charge in [0.05, 0.1) is 5.39 Å². The quantitative estimate of drug-likeness (QED) is 0.666. The number of benzene rings is 1. The van der Waals surface area contributed by atoms with Gasteiger partial charge >= 0.3 is 0 Å². The molecule has 3 nitrogen and oxygen atoms in total. The van der Waals surface area contributed by atoms with Gasteiger partial charge < -0.3 is 4.98 Å². The number of nitrogens with one attached hydrogen (secondary N) is 2. The normalized spacial score (nSPS) is 10.9. The zero-order valence-electron chi connectivity index (χ0n) is 9.61. The Bertz CT molecular complexity index is 828. The number of aromatic nitrogens is 2. The summed E-state index contributed by atoms with van der Waals surface area (Å²) in [4.78, 5) is 19.5. The second-order valence-electron chi connectivity index (χ2n) is 4.03. The number of aromatic amines is 2. The number of aryl methyl sites for hydroxylation is 1. The molecule has 0 aliphatic carbocycles. The Kier molecular flexibility index (Phi) is 2.65. The monoisotopic (exact) mass is 274 g/mol. The van der Waals surface area contributed by atoms with Gasteiger partial charge in [0.25, 0.3) is 5.56 Å². The molecule has 0 atom stereocenters. The van der Waals surface area contributed by atoms with Crippen molar-refractivity contribution in [1.82, 2.24) is 9.97 Å². The highest BCUT2D eigenvalue weighted by molar-refractivity contribution is 7.71. The van der Waals surface area contributed by atoms with Crippen molar-refractivity contribution in [3.63, 3.8) is 0 Å². The molecule has 0 radical (unpaired) electrons. The fourth-order valence-electron chi connectivity index (χ4n) is 2.04. The zero-order valence-corrected chi connectivity index (χ0v) is 11.2. The molecule has 1 aromatic carbocycles. The summed E-state index contributed by atoms with van der Waals surface area (Å²) < 4.78 is 0.369. The molecule has 0 fully saturated rings. The molecule has 0 amide bonds. The first-order valence-electron chi connectivity index (χ1n) is 5.48. The van der Waals surface area contributed by atoms with Crippen molar-refractivity contribution in [2.45, 2.75) is 6.92 Å². The Morgan fingerprint density at radius 3 is 2.61 bits per heavy atom. The van der Waals surface area contributed by atoms with E-state index in [1.807, 2.05) is 37.3 Å². The molecule has 5 heteroatoms. The lowest BCUT2D eigenvalue weighted by molar-refractivity contribution is 1.14. The summed E-state index contributed by atoms with van der Waals surface area (Å²) in [5.74, 6) is 0. The van der Waals surface area contributed by atoms with E-state index in [4.69, 9.17) is 12.2 Å². The van der Waals surface area contributed by atoms with Crippen molar-refractivity contribution in [3.8, 4) is 10.4 Å². The van der Waals surface area contributed by atoms with Crippen LogP contribution in [0.5, 0.6) is 0 Å². The summed E-state index contributed by atoms with van der Waals surface area (Å²) >= 11 is 6.55. The van der Waals surface area contributed by atoms with Gasteiger partial charge in [-0.25, -0.2) is 0 Å². The topological polar surface area (TPSA) is 48.6 Å². The fraction of sp³-hybridized carbons (Fsp3) is 0.0769. The number of hydrogen-bond donors (Lipinski definition) is 2. The molecule has 0 saturated carbocycles. The number of hydrogen-bond acceptors (Lipinski definition) is 3. The highest BCUT2D eigenvalue weighted by atomic mass is 32.1. The molecule has 0 saturated heterocycles. The first kappa shape index (κ1) is 11.4. The van der Waals surface area contributed by atoms with Crippen LogP contribution in [0.15, 0.2) is 35.1 Å². The molecule has 0 bridgehead atoms. The molecule has 90 valence electrons. The Balaban J connectivity index is 2.40. The van der Waals surface area contributed by atoms with E-state index in [0.717, 1.165) is 20.8 Å². The fourth-order valence-corrected chi connectivity index (χ4v) is 3.51. The molecule has 0 spiro atoms. The van der Waals surface area contributed by atoms with Crippen LogP contribution in [-0.4, -0.2) is 9.97 Å². The van der Waals surface area contributed by atoms with Crippen molar-refractivity contribution in [2.24, 2.45) is 0 Å². The molecule has 2 heterocycles. The largest absolute Gasteiger partial charge is 0.323 e. The molecular weight excluding hydrogens is 264 g/mol. The maximum absolute atomic E-state index is 11.9. The molecule has 0 aliphatic heterocycles. The second kappa shape index (κ2) is 4.19. The van der Waals surface area contributed by atoms with E-state index in [1.54, 1.807) is 11.3 Å². The lowest BCUT2D eigenvalue weighted by atomic mass is 10.1. The van der Waals surface area contributed by atoms with Gasteiger partial charge in [-0.15, -0.1) is 11.3 Å². The van der Waals surface area contributed by atoms with Crippen LogP contribution in [0.4, 0.5) is 0 Å². The lowest BCUT2D eigenvalue weighted by Crippen LogP contribution is -2.06. The number of H-pyrrole nitrogens is 2. The summed E-state index contributed by atoms with van der Waals surface area (Å²) in [6, 6.07) is 10.0. The predicted molar refractivity (Wildman–Crippen MR) is 77.8 cm³/mol. The Labute approximate surface area is 112 Å². The molecule has 3 aromatic rings. The summed E-state index contributed by atoms with van der Waals surface area (Å²) in [5.41, 5.74) is 1.99. The highest BCUT2D eigenvalue weighted by Gasteiger charge is 2.13. The van der Waals surface area contributed by atoms with E-state index in [1.165, 1.54) is 0 Å². The smallest absolute Gasteiger partial charge is 0.260 e. The van der Waals surface area contributed by atoms with Crippen molar-refractivity contribution in [1.29, 1.82) is 0 Å². The molecule has 18 heavy (non-hydrogen) atoms. The summed E-state index contributed by atoms with van der Waals surface area (Å²) in [7, 11) is 0. The van der Waals surface area contributed by atoms with Crippen molar-refractivity contribution in [2.75, 3.05) is 0 Å². The number of rotatable bonds is 1. The van der Waals surface area contributed by atoms with E-state index < -0.39 is 0 Å². The minimum absolute atomic E-state index is 0.121. The third kappa shape index (κ3) is 1.72. The average Bonchev–Trinajstić information content (AvgIpc) is 2.67. The van der Waals surface area contributed by atoms with Gasteiger partial charge in [0.15, 0.2) is 4.77 Å². The Morgan fingerprint density at radius 2 is 1.89 bits per heavy atom. The lowest BCUT2D eigenvalue weighted by Gasteiger charge is -1.97. The second-order valence-corrected chi connectivity index (χ2v) is 5.46. The molecule has 0 unspecified atom stereocenters. The van der Waals surface area contributed by atoms with E-state index in [2.05, 4.69) is 9.97 Å². The van der Waals surface area contributed by atoms with Crippen LogP contribution < -0.4 is 5.56 Å². The summed E-state index contributed by atoms with van der Waals surface area (Å²) in [5, 5.41) is 0.701. The van der Waals surface area contributed by atoms with Gasteiger partial charge in [0.1, 0.15) is 4.83 Å². The predicted octanol–water partition coefficient (Wildman–Crippen LogP) is 3.62. The van der Waals surface area contributed by atoms with Gasteiger partial charge in [-0.05, 0) is 30.3 Å². The summed E-state index contributed by atoms with van der Waals surface area (Å²) in [6.45, 7) is 1.97. The molecular formula is C13H10N2OS2. The minimum Gasteiger partial charge on any atom is -0.323 e. The maximum Gasteiger partial charge on any atom is 0.260 e. The average molecular weight is 274 g/mol. The van der Waals surface area contributed by atoms with Crippen LogP contribution in [0.2, 0.25) is 0 Å². The van der Waals surface area contributed by atoms with Crippen molar-refractivity contribution >= 4 is 33.8 Å². The molecule has 3 rings (SSSR count). The SMILES string of the molecule is Cc1c(-c2ccccc2)sc2[nH]c(=S)[nH]c(=O)c12. The first-order valence-corrected chi connectivity index (χ1v) is 6.70. The number of fused-ring (bicyclic) bond motifs is 1. The number of thiophene rings is 1. The Morgan fingerprint density at radius 1 is 1.17 bits per heavy atom. The summed E-state index contributed by atoms with van der Waals surface area (Å²) in [6.07, 6.45) is 0. The molecule has 0 aliphatic rings. The van der Waals surface area contributed by atoms with Crippen LogP contribution in [0.1, 0.15) is 5.56 Å². The highest BCUT2D eigenvalue weighted by Crippen LogP contribution is 2.35. The third-order valence-corrected chi connectivity index (χ3v) is 4.32. The molecule has 2 N–H and O–H groups in total. The molecule has 2 aromatic heterocycles. The maximum atomic E-state index is 11.9. The van der Waals surface area contributed by atoms with Gasteiger partial charge in [0, 0.05) is 4.88 Å². The van der Waals surface area contributed by atoms with Crippen LogP contribution in [0, 0.1) is 11.7 Å². The van der Waals surface area contributed by atoms with E-state index in [9.17, 15) is 4.79 Å². The van der Waals surface area contributed by atoms with Gasteiger partial charge in [-0.3, -0.25) is 9.78 Å². The van der Waals surface area contributed by atoms with Crippen LogP contribution in [0.3, 0.4) is 0 Å². The first-order chi connectivity index (χ1) is 8.66. The minimum atomic E-state index is -0.121. The van der Waals surface area contributed by atoms with Gasteiger partial charge in [-0.1, -0.05) is 30.3 Å². The van der Waals surface area contributed by atoms with E-state index >= 15 is 0 Å². The third-order valence-electron chi connectivity index (χ3n) is 2.86. The van der Waals surface area contributed by atoms with Gasteiger partial charge in [0.2, 0.25) is 0 Å². The van der Waals surface area contributed by atoms with Crippen LogP contribution in [0.25, 0.3) is 20.7 Å². The van der Waals surface area contributed by atoms with Gasteiger partial charge in [-0.2, -0.15) is 0 Å². The van der Waals surface area contributed by atoms with Crippen LogP contribution in [-0.2, 0) is 0 Å². The van der Waals surface area contributed by atoms with E-state index in [-0.39, 0.29) is 5.56 Å².